The van der Waals surface area contributed by atoms with Crippen molar-refractivity contribution < 1.29 is 14.1 Å². The maximum absolute atomic E-state index is 12.0. The first-order valence-electron chi connectivity index (χ1n) is 5.72. The van der Waals surface area contributed by atoms with Gasteiger partial charge in [-0.1, -0.05) is 11.2 Å². The number of nitrogens with two attached hydrogens (primary N) is 1. The Balaban J connectivity index is 2.13. The Morgan fingerprint density at radius 1 is 1.47 bits per heavy atom. The molecule has 0 bridgehead atoms. The van der Waals surface area contributed by atoms with Crippen LogP contribution in [0, 0.1) is 6.92 Å². The summed E-state index contributed by atoms with van der Waals surface area (Å²) < 4.78 is 9.85. The number of amides is 1. The van der Waals surface area contributed by atoms with Crippen LogP contribution in [-0.4, -0.2) is 18.2 Å². The normalized spacial score (nSPS) is 10.4. The minimum absolute atomic E-state index is 0.203. The smallest absolute Gasteiger partial charge is 0.277 e. The predicted molar refractivity (Wildman–Crippen MR) is 70.8 cm³/mol. The highest BCUT2D eigenvalue weighted by molar-refractivity contribution is 6.03. The van der Waals surface area contributed by atoms with E-state index in [2.05, 4.69) is 10.5 Å². The molecular formula is C13H15N3O3. The number of carbonyl (C=O) groups is 1. The van der Waals surface area contributed by atoms with Gasteiger partial charge in [0, 0.05) is 24.6 Å². The number of rotatable bonds is 4. The van der Waals surface area contributed by atoms with Gasteiger partial charge in [-0.05, 0) is 24.6 Å². The Morgan fingerprint density at radius 2 is 2.26 bits per heavy atom. The Labute approximate surface area is 110 Å². The van der Waals surface area contributed by atoms with E-state index in [0.29, 0.717) is 17.1 Å². The maximum atomic E-state index is 12.0. The molecule has 0 atom stereocenters. The number of anilines is 2. The standard InChI is InChI=1S/C13H15N3O3/c1-8-3-4-9(14)5-11(8)15-13(17)12-6-10(7-18-2)19-16-12/h3-6H,7,14H2,1-2H3,(H,15,17). The lowest BCUT2D eigenvalue weighted by atomic mass is 10.2. The SMILES string of the molecule is COCc1cc(C(=O)Nc2cc(N)ccc2C)no1. The van der Waals surface area contributed by atoms with Gasteiger partial charge in [-0.15, -0.1) is 0 Å². The highest BCUT2D eigenvalue weighted by atomic mass is 16.5. The van der Waals surface area contributed by atoms with Gasteiger partial charge in [-0.3, -0.25) is 4.79 Å². The fourth-order valence-electron chi connectivity index (χ4n) is 1.59. The molecule has 3 N–H and O–H groups in total. The summed E-state index contributed by atoms with van der Waals surface area (Å²) in [4.78, 5) is 12.0. The molecule has 1 amide bonds. The molecule has 0 saturated heterocycles. The second-order valence-electron chi connectivity index (χ2n) is 4.14. The molecule has 100 valence electrons. The van der Waals surface area contributed by atoms with Crippen LogP contribution in [0.1, 0.15) is 21.8 Å². The van der Waals surface area contributed by atoms with E-state index >= 15 is 0 Å². The minimum Gasteiger partial charge on any atom is -0.399 e. The van der Waals surface area contributed by atoms with Gasteiger partial charge < -0.3 is 20.3 Å². The summed E-state index contributed by atoms with van der Waals surface area (Å²) in [6.45, 7) is 2.16. The summed E-state index contributed by atoms with van der Waals surface area (Å²) in [5, 5.41) is 6.43. The quantitative estimate of drug-likeness (QED) is 0.821. The highest BCUT2D eigenvalue weighted by Gasteiger charge is 2.13. The zero-order valence-corrected chi connectivity index (χ0v) is 10.8. The zero-order chi connectivity index (χ0) is 13.8. The number of benzene rings is 1. The molecule has 0 aliphatic rings. The van der Waals surface area contributed by atoms with E-state index in [1.54, 1.807) is 25.3 Å². The molecule has 1 aromatic carbocycles. The Bertz CT molecular complexity index is 593. The average molecular weight is 261 g/mol. The van der Waals surface area contributed by atoms with E-state index in [9.17, 15) is 4.79 Å². The molecule has 0 aliphatic heterocycles. The van der Waals surface area contributed by atoms with Crippen molar-refractivity contribution >= 4 is 17.3 Å². The van der Waals surface area contributed by atoms with E-state index in [1.807, 2.05) is 13.0 Å². The monoisotopic (exact) mass is 261 g/mol. The van der Waals surface area contributed by atoms with Gasteiger partial charge in [0.15, 0.2) is 11.5 Å². The van der Waals surface area contributed by atoms with Crippen LogP contribution in [0.2, 0.25) is 0 Å². The van der Waals surface area contributed by atoms with Crippen LogP contribution in [0.4, 0.5) is 11.4 Å². The van der Waals surface area contributed by atoms with Crippen LogP contribution in [0.5, 0.6) is 0 Å². The van der Waals surface area contributed by atoms with Crippen molar-refractivity contribution in [1.82, 2.24) is 5.16 Å². The van der Waals surface area contributed by atoms with Gasteiger partial charge in [0.05, 0.1) is 0 Å². The van der Waals surface area contributed by atoms with E-state index in [-0.39, 0.29) is 18.2 Å². The first kappa shape index (κ1) is 13.1. The van der Waals surface area contributed by atoms with Crippen LogP contribution < -0.4 is 11.1 Å². The number of nitrogens with zero attached hydrogens (tertiary/aromatic N) is 1. The van der Waals surface area contributed by atoms with Gasteiger partial charge >= 0.3 is 0 Å². The molecule has 6 nitrogen and oxygen atoms in total. The summed E-state index contributed by atoms with van der Waals surface area (Å²) in [5.41, 5.74) is 8.04. The second kappa shape index (κ2) is 5.53. The van der Waals surface area contributed by atoms with E-state index in [0.717, 1.165) is 5.56 Å². The van der Waals surface area contributed by atoms with E-state index in [1.165, 1.54) is 0 Å². The summed E-state index contributed by atoms with van der Waals surface area (Å²) >= 11 is 0. The lowest BCUT2D eigenvalue weighted by molar-refractivity contribution is 0.101. The minimum atomic E-state index is -0.347. The number of methoxy groups -OCH3 is 1. The van der Waals surface area contributed by atoms with E-state index in [4.69, 9.17) is 15.0 Å². The van der Waals surface area contributed by atoms with Crippen molar-refractivity contribution in [2.24, 2.45) is 0 Å². The molecule has 19 heavy (non-hydrogen) atoms. The van der Waals surface area contributed by atoms with Crippen molar-refractivity contribution in [3.8, 4) is 0 Å². The van der Waals surface area contributed by atoms with Crippen LogP contribution in [0.15, 0.2) is 28.8 Å². The summed E-state index contributed by atoms with van der Waals surface area (Å²) in [6, 6.07) is 6.85. The van der Waals surface area contributed by atoms with Crippen molar-refractivity contribution in [2.45, 2.75) is 13.5 Å². The third kappa shape index (κ3) is 3.11. The van der Waals surface area contributed by atoms with Crippen LogP contribution in [0.25, 0.3) is 0 Å². The molecule has 2 rings (SSSR count). The summed E-state index contributed by atoms with van der Waals surface area (Å²) in [7, 11) is 1.54. The van der Waals surface area contributed by atoms with Gasteiger partial charge in [0.2, 0.25) is 0 Å². The number of carbonyl (C=O) groups excluding carboxylic acids is 1. The topological polar surface area (TPSA) is 90.4 Å². The van der Waals surface area contributed by atoms with Gasteiger partial charge in [-0.2, -0.15) is 0 Å². The first-order chi connectivity index (χ1) is 9.10. The lowest BCUT2D eigenvalue weighted by Crippen LogP contribution is -2.13. The molecule has 1 aromatic heterocycles. The van der Waals surface area contributed by atoms with Crippen LogP contribution in [0.3, 0.4) is 0 Å². The fourth-order valence-corrected chi connectivity index (χ4v) is 1.59. The number of aryl methyl sites for hydroxylation is 1. The summed E-state index contributed by atoms with van der Waals surface area (Å²) in [5.74, 6) is 0.150. The van der Waals surface area contributed by atoms with Crippen molar-refractivity contribution in [2.75, 3.05) is 18.2 Å². The third-order valence-corrected chi connectivity index (χ3v) is 2.59. The molecule has 0 fully saturated rings. The molecule has 0 saturated carbocycles. The molecule has 1 heterocycles. The van der Waals surface area contributed by atoms with Crippen molar-refractivity contribution in [3.63, 3.8) is 0 Å². The maximum Gasteiger partial charge on any atom is 0.277 e. The second-order valence-corrected chi connectivity index (χ2v) is 4.14. The lowest BCUT2D eigenvalue weighted by Gasteiger charge is -2.07. The van der Waals surface area contributed by atoms with Gasteiger partial charge in [0.1, 0.15) is 6.61 Å². The number of hydrogen-bond acceptors (Lipinski definition) is 5. The van der Waals surface area contributed by atoms with Crippen LogP contribution >= 0.6 is 0 Å². The molecule has 0 unspecified atom stereocenters. The third-order valence-electron chi connectivity index (χ3n) is 2.59. The highest BCUT2D eigenvalue weighted by Crippen LogP contribution is 2.19. The first-order valence-corrected chi connectivity index (χ1v) is 5.72. The zero-order valence-electron chi connectivity index (χ0n) is 10.8. The van der Waals surface area contributed by atoms with Crippen LogP contribution in [-0.2, 0) is 11.3 Å². The predicted octanol–water partition coefficient (Wildman–Crippen LogP) is 1.96. The van der Waals surface area contributed by atoms with Gasteiger partial charge in [0.25, 0.3) is 5.91 Å². The Hall–Kier alpha value is -2.34. The number of hydrogen-bond donors (Lipinski definition) is 2. The van der Waals surface area contributed by atoms with Gasteiger partial charge in [-0.25, -0.2) is 0 Å². The summed E-state index contributed by atoms with van der Waals surface area (Å²) in [6.07, 6.45) is 0. The van der Waals surface area contributed by atoms with Crippen molar-refractivity contribution in [1.29, 1.82) is 0 Å². The number of aromatic nitrogens is 1. The van der Waals surface area contributed by atoms with Crippen molar-refractivity contribution in [3.05, 3.63) is 41.3 Å². The molecule has 0 radical (unpaired) electrons. The molecule has 6 heteroatoms. The number of ether oxygens (including phenoxy) is 1. The fraction of sp³-hybridized carbons (Fsp3) is 0.231. The number of nitrogen functional groups attached to an aromatic ring is 1. The number of nitrogens with one attached hydrogen (secondary N) is 1. The Morgan fingerprint density at radius 3 is 3.00 bits per heavy atom. The molecular weight excluding hydrogens is 246 g/mol. The molecule has 0 aliphatic carbocycles. The Kier molecular flexibility index (Phi) is 3.82. The average Bonchev–Trinajstić information content (AvgIpc) is 2.83. The largest absolute Gasteiger partial charge is 0.399 e. The van der Waals surface area contributed by atoms with E-state index < -0.39 is 0 Å². The molecule has 0 spiro atoms. The molecule has 2 aromatic rings.